The number of hydrogen-bond donors (Lipinski definition) is 1. The quantitative estimate of drug-likeness (QED) is 0.316. The van der Waals surface area contributed by atoms with Crippen LogP contribution in [0, 0.1) is 0 Å². The Morgan fingerprint density at radius 3 is 2.46 bits per heavy atom. The van der Waals surface area contributed by atoms with E-state index >= 15 is 0 Å². The molecule has 3 aromatic carbocycles. The molecule has 2 amide bonds. The van der Waals surface area contributed by atoms with Gasteiger partial charge in [0, 0.05) is 17.1 Å². The first-order valence-corrected chi connectivity index (χ1v) is 13.7. The minimum Gasteiger partial charge on any atom is -0.483 e. The molecule has 35 heavy (non-hydrogen) atoms. The summed E-state index contributed by atoms with van der Waals surface area (Å²) in [4.78, 5) is 28.1. The monoisotopic (exact) mass is 600 g/mol. The highest BCUT2D eigenvalue weighted by Crippen LogP contribution is 2.33. The van der Waals surface area contributed by atoms with Crippen molar-refractivity contribution in [2.75, 3.05) is 6.61 Å². The normalized spacial score (nSPS) is 14.9. The van der Waals surface area contributed by atoms with E-state index in [0.717, 1.165) is 51.0 Å². The van der Waals surface area contributed by atoms with Crippen molar-refractivity contribution < 1.29 is 14.3 Å². The topological polar surface area (TPSA) is 58.6 Å². The van der Waals surface area contributed by atoms with E-state index in [1.807, 2.05) is 60.7 Å². The van der Waals surface area contributed by atoms with Crippen LogP contribution in [0.5, 0.6) is 5.75 Å². The second kappa shape index (κ2) is 12.0. The average molecular weight is 602 g/mol. The lowest BCUT2D eigenvalue weighted by molar-refractivity contribution is -0.142. The van der Waals surface area contributed by atoms with E-state index in [1.54, 1.807) is 11.8 Å². The maximum Gasteiger partial charge on any atom is 0.261 e. The van der Waals surface area contributed by atoms with E-state index in [0.29, 0.717) is 12.3 Å². The number of rotatable bonds is 8. The zero-order valence-corrected chi connectivity index (χ0v) is 23.0. The largest absolute Gasteiger partial charge is 0.483 e. The Balaban J connectivity index is 1.49. The molecule has 0 bridgehead atoms. The second-order valence-corrected chi connectivity index (χ2v) is 10.8. The minimum atomic E-state index is -0.614. The molecule has 0 aliphatic heterocycles. The smallest absolute Gasteiger partial charge is 0.261 e. The van der Waals surface area contributed by atoms with Crippen molar-refractivity contribution in [3.05, 3.63) is 75.2 Å². The van der Waals surface area contributed by atoms with Gasteiger partial charge in [0.05, 0.1) is 4.47 Å². The predicted octanol–water partition coefficient (Wildman–Crippen LogP) is 6.61. The van der Waals surface area contributed by atoms with E-state index in [2.05, 4.69) is 37.2 Å². The van der Waals surface area contributed by atoms with Gasteiger partial charge in [-0.05, 0) is 70.2 Å². The van der Waals surface area contributed by atoms with Gasteiger partial charge in [0.2, 0.25) is 5.91 Å². The molecule has 1 saturated carbocycles. The van der Waals surface area contributed by atoms with E-state index < -0.39 is 6.04 Å². The average Bonchev–Trinajstić information content (AvgIpc) is 2.88. The van der Waals surface area contributed by atoms with E-state index in [4.69, 9.17) is 4.74 Å². The van der Waals surface area contributed by atoms with Gasteiger partial charge >= 0.3 is 0 Å². The van der Waals surface area contributed by atoms with Crippen LogP contribution in [0.3, 0.4) is 0 Å². The molecule has 0 spiro atoms. The van der Waals surface area contributed by atoms with Crippen LogP contribution in [-0.4, -0.2) is 35.4 Å². The third-order valence-electron chi connectivity index (χ3n) is 6.56. The van der Waals surface area contributed by atoms with Gasteiger partial charge in [0.25, 0.3) is 5.91 Å². The zero-order chi connectivity index (χ0) is 24.8. The van der Waals surface area contributed by atoms with E-state index in [9.17, 15) is 9.59 Å². The fraction of sp³-hybridized carbons (Fsp3) is 0.357. The molecular weight excluding hydrogens is 572 g/mol. The Kier molecular flexibility index (Phi) is 8.84. The Bertz CT molecular complexity index is 1180. The van der Waals surface area contributed by atoms with Crippen LogP contribution in [0.25, 0.3) is 10.8 Å². The van der Waals surface area contributed by atoms with Crippen molar-refractivity contribution in [2.45, 2.75) is 57.7 Å². The summed E-state index contributed by atoms with van der Waals surface area (Å²) < 4.78 is 7.72. The van der Waals surface area contributed by atoms with E-state index in [-0.39, 0.29) is 24.5 Å². The molecule has 0 radical (unpaired) electrons. The molecule has 1 aliphatic rings. The molecule has 0 aromatic heterocycles. The molecule has 1 aliphatic carbocycles. The number of nitrogens with one attached hydrogen (secondary N) is 1. The van der Waals surface area contributed by atoms with Crippen LogP contribution < -0.4 is 10.1 Å². The summed E-state index contributed by atoms with van der Waals surface area (Å²) in [5, 5.41) is 5.27. The van der Waals surface area contributed by atoms with Crippen LogP contribution in [0.4, 0.5) is 0 Å². The molecule has 3 aromatic rings. The molecule has 1 atom stereocenters. The van der Waals surface area contributed by atoms with Crippen LogP contribution >= 0.6 is 31.9 Å². The zero-order valence-electron chi connectivity index (χ0n) is 19.8. The summed E-state index contributed by atoms with van der Waals surface area (Å²) in [7, 11) is 0. The maximum absolute atomic E-state index is 13.4. The van der Waals surface area contributed by atoms with Crippen molar-refractivity contribution in [1.82, 2.24) is 10.2 Å². The Morgan fingerprint density at radius 1 is 1.00 bits per heavy atom. The first kappa shape index (κ1) is 25.7. The summed E-state index contributed by atoms with van der Waals surface area (Å²) in [5.74, 6) is 0.244. The van der Waals surface area contributed by atoms with Gasteiger partial charge in [0.1, 0.15) is 11.8 Å². The number of carbonyl (C=O) groups is 2. The highest BCUT2D eigenvalue weighted by molar-refractivity contribution is 9.11. The van der Waals surface area contributed by atoms with Crippen LogP contribution in [0.1, 0.15) is 44.6 Å². The van der Waals surface area contributed by atoms with Gasteiger partial charge in [0.15, 0.2) is 6.61 Å². The molecule has 0 saturated heterocycles. The van der Waals surface area contributed by atoms with Crippen molar-refractivity contribution in [1.29, 1.82) is 0 Å². The van der Waals surface area contributed by atoms with Gasteiger partial charge in [-0.25, -0.2) is 0 Å². The lowest BCUT2D eigenvalue weighted by Gasteiger charge is -2.31. The molecule has 184 valence electrons. The van der Waals surface area contributed by atoms with Gasteiger partial charge in [-0.3, -0.25) is 9.59 Å². The number of ether oxygens (including phenoxy) is 1. The lowest BCUT2D eigenvalue weighted by atomic mass is 9.95. The fourth-order valence-corrected chi connectivity index (χ4v) is 5.36. The SMILES string of the molecule is C[C@@H](C(=O)NC1CCCCC1)N(Cc1ccc(Br)cc1)C(=O)COc1ccc2ccccc2c1Br. The van der Waals surface area contributed by atoms with Crippen LogP contribution in [-0.2, 0) is 16.1 Å². The number of nitrogens with zero attached hydrogens (tertiary/aromatic N) is 1. The first-order chi connectivity index (χ1) is 16.9. The minimum absolute atomic E-state index is 0.116. The number of halogens is 2. The van der Waals surface area contributed by atoms with Crippen molar-refractivity contribution in [3.8, 4) is 5.75 Å². The Morgan fingerprint density at radius 2 is 1.71 bits per heavy atom. The molecular formula is C28H30Br2N2O3. The molecule has 1 N–H and O–H groups in total. The number of hydrogen-bond acceptors (Lipinski definition) is 3. The molecule has 1 fully saturated rings. The second-order valence-electron chi connectivity index (χ2n) is 9.06. The molecule has 0 heterocycles. The van der Waals surface area contributed by atoms with Gasteiger partial charge in [-0.1, -0.05) is 77.7 Å². The third-order valence-corrected chi connectivity index (χ3v) is 7.91. The highest BCUT2D eigenvalue weighted by atomic mass is 79.9. The summed E-state index contributed by atoms with van der Waals surface area (Å²) in [5.41, 5.74) is 0.950. The molecule has 0 unspecified atom stereocenters. The number of benzene rings is 3. The first-order valence-electron chi connectivity index (χ1n) is 12.1. The number of amides is 2. The van der Waals surface area contributed by atoms with Gasteiger partial charge < -0.3 is 15.0 Å². The standard InChI is InChI=1S/C28H30Br2N2O3/c1-19(28(34)31-23-8-3-2-4-9-23)32(17-20-11-14-22(29)15-12-20)26(33)18-35-25-16-13-21-7-5-6-10-24(21)27(25)30/h5-7,10-16,19,23H,2-4,8-9,17-18H2,1H3,(H,31,34)/t19-/m0/s1. The van der Waals surface area contributed by atoms with Crippen LogP contribution in [0.2, 0.25) is 0 Å². The van der Waals surface area contributed by atoms with Gasteiger partial charge in [-0.2, -0.15) is 0 Å². The van der Waals surface area contributed by atoms with Crippen molar-refractivity contribution in [2.24, 2.45) is 0 Å². The lowest BCUT2D eigenvalue weighted by Crippen LogP contribution is -2.51. The van der Waals surface area contributed by atoms with Gasteiger partial charge in [-0.15, -0.1) is 0 Å². The summed E-state index contributed by atoms with van der Waals surface area (Å²) in [6, 6.07) is 19.2. The van der Waals surface area contributed by atoms with E-state index in [1.165, 1.54) is 6.42 Å². The van der Waals surface area contributed by atoms with Crippen molar-refractivity contribution >= 4 is 54.4 Å². The maximum atomic E-state index is 13.4. The molecule has 5 nitrogen and oxygen atoms in total. The number of carbonyl (C=O) groups excluding carboxylic acids is 2. The number of fused-ring (bicyclic) bond motifs is 1. The molecule has 7 heteroatoms. The Labute approximate surface area is 223 Å². The summed E-state index contributed by atoms with van der Waals surface area (Å²) >= 11 is 7.07. The summed E-state index contributed by atoms with van der Waals surface area (Å²) in [6.45, 7) is 1.96. The van der Waals surface area contributed by atoms with Crippen molar-refractivity contribution in [3.63, 3.8) is 0 Å². The fourth-order valence-electron chi connectivity index (χ4n) is 4.49. The molecule has 4 rings (SSSR count). The van der Waals surface area contributed by atoms with Crippen LogP contribution in [0.15, 0.2) is 69.6 Å². The predicted molar refractivity (Wildman–Crippen MR) is 146 cm³/mol. The Hall–Kier alpha value is -2.38. The highest BCUT2D eigenvalue weighted by Gasteiger charge is 2.28. The summed E-state index contributed by atoms with van der Waals surface area (Å²) in [6.07, 6.45) is 5.49. The third kappa shape index (κ3) is 6.64.